The van der Waals surface area contributed by atoms with E-state index in [2.05, 4.69) is 59.7 Å². The Morgan fingerprint density at radius 2 is 1.29 bits per heavy atom. The van der Waals surface area contributed by atoms with E-state index in [0.29, 0.717) is 29.6 Å². The number of hydrogen-bond donors (Lipinski definition) is 0. The molecular weight excluding hydrogens is 412 g/mol. The number of rotatable bonds is 6. The van der Waals surface area contributed by atoms with E-state index < -0.39 is 0 Å². The lowest BCUT2D eigenvalue weighted by Crippen LogP contribution is -2.29. The highest BCUT2D eigenvalue weighted by Crippen LogP contribution is 2.48. The Kier molecular flexibility index (Phi) is 8.01. The van der Waals surface area contributed by atoms with Crippen molar-refractivity contribution in [3.05, 3.63) is 70.8 Å². The van der Waals surface area contributed by atoms with Gasteiger partial charge in [-0.15, -0.1) is 0 Å². The second kappa shape index (κ2) is 10.8. The molecular formula is C33H46O. The first-order chi connectivity index (χ1) is 16.3. The number of carbonyl (C=O) groups is 1. The van der Waals surface area contributed by atoms with Crippen molar-refractivity contribution in [3.8, 4) is 0 Å². The number of benzene rings is 2. The third-order valence-electron chi connectivity index (χ3n) is 9.23. The molecule has 2 aromatic rings. The molecule has 2 aromatic carbocycles. The quantitative estimate of drug-likeness (QED) is 0.394. The maximum absolute atomic E-state index is 13.8. The van der Waals surface area contributed by atoms with Gasteiger partial charge in [-0.2, -0.15) is 0 Å². The summed E-state index contributed by atoms with van der Waals surface area (Å²) in [5.41, 5.74) is 4.60. The van der Waals surface area contributed by atoms with E-state index in [1.807, 2.05) is 30.3 Å². The van der Waals surface area contributed by atoms with Gasteiger partial charge in [-0.05, 0) is 84.2 Å². The fourth-order valence-electron chi connectivity index (χ4n) is 7.22. The summed E-state index contributed by atoms with van der Waals surface area (Å²) in [4.78, 5) is 13.8. The Hall–Kier alpha value is -1.89. The van der Waals surface area contributed by atoms with Crippen molar-refractivity contribution in [2.75, 3.05) is 0 Å². The van der Waals surface area contributed by atoms with Crippen LogP contribution in [-0.2, 0) is 0 Å². The molecule has 6 unspecified atom stereocenters. The summed E-state index contributed by atoms with van der Waals surface area (Å²) in [6.07, 6.45) is 7.77. The molecule has 1 heteroatoms. The van der Waals surface area contributed by atoms with Gasteiger partial charge in [0, 0.05) is 11.1 Å². The lowest BCUT2D eigenvalue weighted by Gasteiger charge is -2.40. The van der Waals surface area contributed by atoms with Crippen LogP contribution in [0.4, 0.5) is 0 Å². The van der Waals surface area contributed by atoms with Gasteiger partial charge in [-0.3, -0.25) is 4.79 Å². The van der Waals surface area contributed by atoms with E-state index in [9.17, 15) is 4.79 Å². The van der Waals surface area contributed by atoms with Crippen LogP contribution in [0.5, 0.6) is 0 Å². The average Bonchev–Trinajstić information content (AvgIpc) is 2.83. The zero-order valence-electron chi connectivity index (χ0n) is 22.4. The molecule has 0 N–H and O–H groups in total. The van der Waals surface area contributed by atoms with Gasteiger partial charge in [0.1, 0.15) is 0 Å². The van der Waals surface area contributed by atoms with Crippen molar-refractivity contribution in [1.29, 1.82) is 0 Å². The minimum Gasteiger partial charge on any atom is -0.289 e. The average molecular weight is 459 g/mol. The van der Waals surface area contributed by atoms with Gasteiger partial charge in [0.2, 0.25) is 0 Å². The molecule has 34 heavy (non-hydrogen) atoms. The standard InChI is InChI=1S/C33H46O/c1-21(2)27-15-12-23(5)18-30(27)26-14-17-29(33(34)25-10-8-7-9-11-25)32(20-26)31-19-24(6)13-16-28(31)22(3)4/h7-11,14,17,20-24,27-28,30-31H,12-13,15-16,18-19H2,1-6H3. The summed E-state index contributed by atoms with van der Waals surface area (Å²) in [5.74, 6) is 5.52. The van der Waals surface area contributed by atoms with E-state index in [1.165, 1.54) is 49.7 Å². The summed E-state index contributed by atoms with van der Waals surface area (Å²) in [7, 11) is 0. The summed E-state index contributed by atoms with van der Waals surface area (Å²) < 4.78 is 0. The van der Waals surface area contributed by atoms with Crippen LogP contribution in [0, 0.1) is 35.5 Å². The molecule has 0 spiro atoms. The first kappa shape index (κ1) is 25.2. The molecule has 2 saturated carbocycles. The van der Waals surface area contributed by atoms with Gasteiger partial charge in [0.25, 0.3) is 0 Å². The molecule has 2 aliphatic rings. The van der Waals surface area contributed by atoms with Crippen molar-refractivity contribution >= 4 is 5.78 Å². The first-order valence-corrected chi connectivity index (χ1v) is 14.0. The molecule has 0 bridgehead atoms. The molecule has 2 fully saturated rings. The fourth-order valence-corrected chi connectivity index (χ4v) is 7.22. The Morgan fingerprint density at radius 3 is 1.88 bits per heavy atom. The molecule has 2 aliphatic carbocycles. The molecule has 4 rings (SSSR count). The van der Waals surface area contributed by atoms with Crippen LogP contribution in [0.15, 0.2) is 48.5 Å². The highest BCUT2D eigenvalue weighted by molar-refractivity contribution is 6.10. The van der Waals surface area contributed by atoms with E-state index in [4.69, 9.17) is 0 Å². The second-order valence-corrected chi connectivity index (χ2v) is 12.4. The second-order valence-electron chi connectivity index (χ2n) is 12.4. The zero-order valence-corrected chi connectivity index (χ0v) is 22.4. The number of hydrogen-bond acceptors (Lipinski definition) is 1. The minimum absolute atomic E-state index is 0.195. The van der Waals surface area contributed by atoms with Crippen molar-refractivity contribution in [2.24, 2.45) is 35.5 Å². The van der Waals surface area contributed by atoms with Gasteiger partial charge in [-0.1, -0.05) is 103 Å². The van der Waals surface area contributed by atoms with Crippen LogP contribution in [-0.4, -0.2) is 5.78 Å². The van der Waals surface area contributed by atoms with Crippen LogP contribution in [0.1, 0.15) is 119 Å². The van der Waals surface area contributed by atoms with Crippen LogP contribution in [0.3, 0.4) is 0 Å². The predicted octanol–water partition coefficient (Wildman–Crippen LogP) is 9.27. The van der Waals surface area contributed by atoms with E-state index in [-0.39, 0.29) is 5.78 Å². The lowest BCUT2D eigenvalue weighted by molar-refractivity contribution is 0.103. The molecule has 0 amide bonds. The summed E-state index contributed by atoms with van der Waals surface area (Å²) in [6, 6.07) is 16.9. The van der Waals surface area contributed by atoms with Gasteiger partial charge >= 0.3 is 0 Å². The van der Waals surface area contributed by atoms with E-state index >= 15 is 0 Å². The summed E-state index contributed by atoms with van der Waals surface area (Å²) in [6.45, 7) is 14.4. The zero-order chi connectivity index (χ0) is 24.4. The van der Waals surface area contributed by atoms with Crippen LogP contribution in [0.2, 0.25) is 0 Å². The molecule has 184 valence electrons. The van der Waals surface area contributed by atoms with E-state index in [0.717, 1.165) is 28.9 Å². The molecule has 0 saturated heterocycles. The smallest absolute Gasteiger partial charge is 0.193 e. The van der Waals surface area contributed by atoms with Crippen molar-refractivity contribution in [1.82, 2.24) is 0 Å². The van der Waals surface area contributed by atoms with Crippen LogP contribution in [0.25, 0.3) is 0 Å². The summed E-state index contributed by atoms with van der Waals surface area (Å²) in [5, 5.41) is 0. The molecule has 0 aromatic heterocycles. The lowest BCUT2D eigenvalue weighted by atomic mass is 9.64. The molecule has 1 nitrogen and oxygen atoms in total. The molecule has 0 radical (unpaired) electrons. The third kappa shape index (κ3) is 5.34. The van der Waals surface area contributed by atoms with Gasteiger partial charge < -0.3 is 0 Å². The first-order valence-electron chi connectivity index (χ1n) is 14.0. The van der Waals surface area contributed by atoms with Crippen LogP contribution >= 0.6 is 0 Å². The topological polar surface area (TPSA) is 17.1 Å². The van der Waals surface area contributed by atoms with Crippen LogP contribution < -0.4 is 0 Å². The normalized spacial score (nSPS) is 30.0. The van der Waals surface area contributed by atoms with Gasteiger partial charge in [0.05, 0.1) is 0 Å². The predicted molar refractivity (Wildman–Crippen MR) is 144 cm³/mol. The largest absolute Gasteiger partial charge is 0.289 e. The molecule has 0 heterocycles. The Balaban J connectivity index is 1.82. The van der Waals surface area contributed by atoms with Crippen molar-refractivity contribution < 1.29 is 4.79 Å². The highest BCUT2D eigenvalue weighted by Gasteiger charge is 2.36. The Bertz CT molecular complexity index is 956. The summed E-state index contributed by atoms with van der Waals surface area (Å²) >= 11 is 0. The third-order valence-corrected chi connectivity index (χ3v) is 9.23. The molecule has 0 aliphatic heterocycles. The maximum atomic E-state index is 13.8. The van der Waals surface area contributed by atoms with Gasteiger partial charge in [-0.25, -0.2) is 0 Å². The van der Waals surface area contributed by atoms with Gasteiger partial charge in [0.15, 0.2) is 5.78 Å². The minimum atomic E-state index is 0.195. The molecule has 6 atom stereocenters. The SMILES string of the molecule is CC1CCC(C(C)C)C(c2ccc(C(=O)c3ccccc3)c(C3CC(C)CCC3C(C)C)c2)C1. The maximum Gasteiger partial charge on any atom is 0.193 e. The highest BCUT2D eigenvalue weighted by atomic mass is 16.1. The number of ketones is 1. The van der Waals surface area contributed by atoms with Crippen molar-refractivity contribution in [2.45, 2.75) is 91.9 Å². The Morgan fingerprint density at radius 1 is 0.735 bits per heavy atom. The van der Waals surface area contributed by atoms with Crippen molar-refractivity contribution in [3.63, 3.8) is 0 Å². The fraction of sp³-hybridized carbons (Fsp3) is 0.606. The van der Waals surface area contributed by atoms with E-state index in [1.54, 1.807) is 0 Å². The number of carbonyl (C=O) groups excluding carboxylic acids is 1. The monoisotopic (exact) mass is 458 g/mol. The Labute approximate surface area is 208 Å².